The number of rotatable bonds is 15. The molecule has 0 radical (unpaired) electrons. The van der Waals surface area contributed by atoms with Gasteiger partial charge in [0.2, 0.25) is 5.89 Å². The summed E-state index contributed by atoms with van der Waals surface area (Å²) in [4.78, 5) is 31.3. The van der Waals surface area contributed by atoms with Gasteiger partial charge < -0.3 is 23.5 Å². The van der Waals surface area contributed by atoms with E-state index in [1.54, 1.807) is 13.8 Å². The molecule has 4 aromatic rings. The fraction of sp³-hybridized carbons (Fsp3) is 0.424. The van der Waals surface area contributed by atoms with E-state index >= 15 is 0 Å². The molecule has 1 aromatic heterocycles. The Hall–Kier alpha value is -4.07. The largest absolute Gasteiger partial charge is 0.494 e. The van der Waals surface area contributed by atoms with Crippen LogP contribution in [0.4, 0.5) is 5.69 Å². The maximum Gasteiger partial charge on any atom is 0.320 e. The molecular formula is C33H40N2O6. The van der Waals surface area contributed by atoms with E-state index in [4.69, 9.17) is 23.6 Å². The highest BCUT2D eigenvalue weighted by Gasteiger charge is 2.28. The van der Waals surface area contributed by atoms with Crippen LogP contribution in [0.1, 0.15) is 53.4 Å². The topological polar surface area (TPSA) is 91.1 Å². The Kier molecular flexibility index (Phi) is 10.6. The third-order valence-electron chi connectivity index (χ3n) is 7.13. The molecule has 0 amide bonds. The first-order valence-electron chi connectivity index (χ1n) is 14.6. The maximum atomic E-state index is 12.1. The minimum atomic E-state index is -0.865. The summed E-state index contributed by atoms with van der Waals surface area (Å²) in [6.45, 7) is 10.6. The van der Waals surface area contributed by atoms with Crippen molar-refractivity contribution in [3.8, 4) is 17.2 Å². The summed E-state index contributed by atoms with van der Waals surface area (Å²) in [5, 5.41) is 2.08. The first-order valence-corrected chi connectivity index (χ1v) is 14.6. The molecule has 0 unspecified atom stereocenters. The van der Waals surface area contributed by atoms with E-state index in [9.17, 15) is 9.59 Å². The Morgan fingerprint density at radius 3 is 2.34 bits per heavy atom. The number of hydrogen-bond donors (Lipinski definition) is 0. The lowest BCUT2D eigenvalue weighted by Crippen LogP contribution is -2.28. The first kappa shape index (κ1) is 29.9. The van der Waals surface area contributed by atoms with E-state index in [1.807, 2.05) is 36.4 Å². The zero-order valence-corrected chi connectivity index (χ0v) is 24.5. The van der Waals surface area contributed by atoms with Gasteiger partial charge in [-0.05, 0) is 87.7 Å². The number of carbonyl (C=O) groups is 2. The van der Waals surface area contributed by atoms with Gasteiger partial charge in [0.1, 0.15) is 11.3 Å². The Morgan fingerprint density at radius 2 is 1.63 bits per heavy atom. The average molecular weight is 561 g/mol. The monoisotopic (exact) mass is 560 g/mol. The summed E-state index contributed by atoms with van der Waals surface area (Å²) in [6, 6.07) is 18.3. The van der Waals surface area contributed by atoms with Gasteiger partial charge in [-0.2, -0.15) is 0 Å². The van der Waals surface area contributed by atoms with Crippen molar-refractivity contribution in [1.29, 1.82) is 0 Å². The second-order valence-electron chi connectivity index (χ2n) is 9.79. The van der Waals surface area contributed by atoms with E-state index in [2.05, 4.69) is 36.9 Å². The molecule has 0 aliphatic heterocycles. The molecule has 1 heterocycles. The molecule has 8 nitrogen and oxygen atoms in total. The first-order chi connectivity index (χ1) is 20.0. The number of hydrogen-bond acceptors (Lipinski definition) is 8. The van der Waals surface area contributed by atoms with E-state index in [0.717, 1.165) is 64.8 Å². The minimum absolute atomic E-state index is 0.239. The van der Waals surface area contributed by atoms with Gasteiger partial charge in [-0.1, -0.05) is 25.0 Å². The van der Waals surface area contributed by atoms with Crippen LogP contribution in [0.15, 0.2) is 59.0 Å². The van der Waals surface area contributed by atoms with Crippen molar-refractivity contribution < 1.29 is 28.2 Å². The third kappa shape index (κ3) is 7.37. The lowest BCUT2D eigenvalue weighted by atomic mass is 10.0. The van der Waals surface area contributed by atoms with Crippen LogP contribution < -0.4 is 9.64 Å². The van der Waals surface area contributed by atoms with Crippen LogP contribution in [0.3, 0.4) is 0 Å². The number of unbranched alkanes of at least 4 members (excludes halogenated alkanes) is 2. The van der Waals surface area contributed by atoms with Gasteiger partial charge in [-0.25, -0.2) is 4.98 Å². The second-order valence-corrected chi connectivity index (χ2v) is 9.79. The molecule has 0 atom stereocenters. The van der Waals surface area contributed by atoms with E-state index < -0.39 is 17.9 Å². The number of carbonyl (C=O) groups excluding carboxylic acids is 2. The average Bonchev–Trinajstić information content (AvgIpc) is 3.40. The van der Waals surface area contributed by atoms with Crippen LogP contribution in [0, 0.1) is 5.92 Å². The molecule has 0 spiro atoms. The molecule has 0 saturated heterocycles. The van der Waals surface area contributed by atoms with Crippen LogP contribution in [0.5, 0.6) is 5.75 Å². The molecule has 8 heteroatoms. The molecule has 0 fully saturated rings. The summed E-state index contributed by atoms with van der Waals surface area (Å²) < 4.78 is 22.3. The fourth-order valence-electron chi connectivity index (χ4n) is 4.99. The summed E-state index contributed by atoms with van der Waals surface area (Å²) >= 11 is 0. The molecule has 0 saturated carbocycles. The van der Waals surface area contributed by atoms with Gasteiger partial charge in [-0.3, -0.25) is 9.59 Å². The zero-order valence-electron chi connectivity index (χ0n) is 24.5. The van der Waals surface area contributed by atoms with Gasteiger partial charge >= 0.3 is 11.9 Å². The van der Waals surface area contributed by atoms with Crippen molar-refractivity contribution in [2.75, 3.05) is 37.8 Å². The summed E-state index contributed by atoms with van der Waals surface area (Å²) in [5.41, 5.74) is 3.68. The number of anilines is 1. The third-order valence-corrected chi connectivity index (χ3v) is 7.13. The van der Waals surface area contributed by atoms with Crippen molar-refractivity contribution in [2.45, 2.75) is 53.4 Å². The Labute approximate surface area is 241 Å². The number of nitrogens with zero attached hydrogens (tertiary/aromatic N) is 2. The fourth-order valence-corrected chi connectivity index (χ4v) is 4.99. The van der Waals surface area contributed by atoms with E-state index in [1.165, 1.54) is 0 Å². The summed E-state index contributed by atoms with van der Waals surface area (Å²) in [7, 11) is 0. The van der Waals surface area contributed by atoms with Crippen LogP contribution in [-0.2, 0) is 19.1 Å². The number of oxazole rings is 1. The normalized spacial score (nSPS) is 11.2. The molecule has 4 rings (SSSR count). The maximum absolute atomic E-state index is 12.1. The Balaban J connectivity index is 1.36. The molecule has 41 heavy (non-hydrogen) atoms. The minimum Gasteiger partial charge on any atom is -0.494 e. The molecule has 0 aliphatic carbocycles. The number of esters is 2. The van der Waals surface area contributed by atoms with Crippen molar-refractivity contribution >= 4 is 39.5 Å². The van der Waals surface area contributed by atoms with Gasteiger partial charge in [0.05, 0.1) is 19.8 Å². The summed E-state index contributed by atoms with van der Waals surface area (Å²) in [5.74, 6) is -0.511. The Morgan fingerprint density at radius 1 is 0.878 bits per heavy atom. The van der Waals surface area contributed by atoms with Crippen LogP contribution in [0.2, 0.25) is 0 Å². The standard InChI is InChI=1S/C33H40N2O6/c1-5-35(6-2)24-16-19-29-30(22-24)41-31(34-29)27-15-12-13-23-21-25(17-18-26(23)27)40-20-11-9-10-14-28(32(36)38-7-3)33(37)39-8-4/h12-13,15-19,21-22,28H,5-11,14,20H2,1-4H3. The van der Waals surface area contributed by atoms with E-state index in [-0.39, 0.29) is 13.2 Å². The van der Waals surface area contributed by atoms with Gasteiger partial charge in [0.25, 0.3) is 0 Å². The number of benzene rings is 3. The second kappa shape index (κ2) is 14.5. The zero-order chi connectivity index (χ0) is 29.2. The smallest absolute Gasteiger partial charge is 0.320 e. The molecule has 0 bridgehead atoms. The van der Waals surface area contributed by atoms with Gasteiger partial charge in [-0.15, -0.1) is 0 Å². The number of aromatic nitrogens is 1. The molecular weight excluding hydrogens is 520 g/mol. The van der Waals surface area contributed by atoms with Crippen LogP contribution in [-0.4, -0.2) is 49.8 Å². The highest BCUT2D eigenvalue weighted by molar-refractivity contribution is 5.97. The van der Waals surface area contributed by atoms with Crippen molar-refractivity contribution in [3.63, 3.8) is 0 Å². The summed E-state index contributed by atoms with van der Waals surface area (Å²) in [6.07, 6.45) is 2.73. The molecule has 218 valence electrons. The number of fused-ring (bicyclic) bond motifs is 2. The highest BCUT2D eigenvalue weighted by atomic mass is 16.6. The van der Waals surface area contributed by atoms with Crippen LogP contribution in [0.25, 0.3) is 33.3 Å². The van der Waals surface area contributed by atoms with Crippen molar-refractivity contribution in [2.24, 2.45) is 5.92 Å². The predicted octanol–water partition coefficient (Wildman–Crippen LogP) is 7.18. The highest BCUT2D eigenvalue weighted by Crippen LogP contribution is 2.33. The van der Waals surface area contributed by atoms with Crippen LogP contribution >= 0.6 is 0 Å². The van der Waals surface area contributed by atoms with E-state index in [0.29, 0.717) is 25.3 Å². The van der Waals surface area contributed by atoms with Gasteiger partial charge in [0.15, 0.2) is 11.5 Å². The lowest BCUT2D eigenvalue weighted by Gasteiger charge is -2.20. The van der Waals surface area contributed by atoms with Crippen molar-refractivity contribution in [3.05, 3.63) is 54.6 Å². The Bertz CT molecular complexity index is 1440. The molecule has 3 aromatic carbocycles. The molecule has 0 aliphatic rings. The molecule has 0 N–H and O–H groups in total. The quantitative estimate of drug-likeness (QED) is 0.0858. The van der Waals surface area contributed by atoms with Crippen molar-refractivity contribution in [1.82, 2.24) is 4.98 Å². The SMILES string of the molecule is CCOC(=O)C(CCCCCOc1ccc2c(-c3nc4ccc(N(CC)CC)cc4o3)cccc2c1)C(=O)OCC. The predicted molar refractivity (Wildman–Crippen MR) is 161 cm³/mol. The lowest BCUT2D eigenvalue weighted by molar-refractivity contribution is -0.161. The number of ether oxygens (including phenoxy) is 3. The van der Waals surface area contributed by atoms with Gasteiger partial charge in [0, 0.05) is 30.4 Å².